The number of thioether (sulfide) groups is 2. The maximum atomic E-state index is 14.8. The summed E-state index contributed by atoms with van der Waals surface area (Å²) in [5, 5.41) is 17.6. The molecule has 8 heteroatoms. The molecule has 0 amide bonds. The molecule has 38 heavy (non-hydrogen) atoms. The molecule has 0 spiro atoms. The largest absolute Gasteiger partial charge is 0.370 e. The fourth-order valence-electron chi connectivity index (χ4n) is 3.68. The van der Waals surface area contributed by atoms with Crippen LogP contribution in [0.1, 0.15) is 17.5 Å². The molecule has 0 heterocycles. The van der Waals surface area contributed by atoms with Crippen LogP contribution in [0.25, 0.3) is 22.3 Å². The monoisotopic (exact) mass is 542 g/mol. The normalized spacial score (nSPS) is 11.4. The molecular formula is C30H20F2N2O2S2. The number of hydrogen-bond donors (Lipinski definition) is 0. The van der Waals surface area contributed by atoms with Crippen molar-refractivity contribution >= 4 is 28.6 Å². The summed E-state index contributed by atoms with van der Waals surface area (Å²) < 4.78 is 35.0. The summed E-state index contributed by atoms with van der Waals surface area (Å²) >= 11 is 2.14. The molecule has 0 N–H and O–H groups in total. The highest BCUT2D eigenvalue weighted by atomic mass is 32.2. The van der Waals surface area contributed by atoms with Gasteiger partial charge in [0.1, 0.15) is 17.1 Å². The summed E-state index contributed by atoms with van der Waals surface area (Å²) in [6.07, 6.45) is 0.0316. The maximum Gasteiger partial charge on any atom is 0.197 e. The van der Waals surface area contributed by atoms with E-state index in [1.54, 1.807) is 72.8 Å². The van der Waals surface area contributed by atoms with Crippen LogP contribution in [0.15, 0.2) is 94.7 Å². The number of benzene rings is 4. The van der Waals surface area contributed by atoms with Crippen LogP contribution in [-0.4, -0.2) is 17.7 Å². The van der Waals surface area contributed by atoms with Crippen LogP contribution in [0.3, 0.4) is 0 Å². The van der Waals surface area contributed by atoms with Gasteiger partial charge in [-0.3, -0.25) is 4.79 Å². The number of rotatable bonds is 8. The first kappa shape index (κ1) is 27.1. The van der Waals surface area contributed by atoms with E-state index in [0.717, 1.165) is 11.8 Å². The second-order valence-electron chi connectivity index (χ2n) is 8.12. The van der Waals surface area contributed by atoms with Crippen LogP contribution in [0.2, 0.25) is 0 Å². The van der Waals surface area contributed by atoms with Crippen molar-refractivity contribution in [3.05, 3.63) is 108 Å². The zero-order chi connectivity index (χ0) is 27.1. The molecule has 0 aliphatic carbocycles. The van der Waals surface area contributed by atoms with Gasteiger partial charge in [0.05, 0.1) is 29.7 Å². The molecule has 0 saturated carbocycles. The third-order valence-electron chi connectivity index (χ3n) is 5.63. The van der Waals surface area contributed by atoms with E-state index in [1.807, 2.05) is 12.1 Å². The van der Waals surface area contributed by atoms with Crippen LogP contribution in [0.4, 0.5) is 8.78 Å². The number of methoxy groups -OCH3 is 1. The van der Waals surface area contributed by atoms with Crippen molar-refractivity contribution in [2.45, 2.75) is 21.6 Å². The summed E-state index contributed by atoms with van der Waals surface area (Å²) in [4.78, 5) is 13.7. The first-order chi connectivity index (χ1) is 18.4. The molecular weight excluding hydrogens is 522 g/mol. The van der Waals surface area contributed by atoms with Crippen LogP contribution in [0.5, 0.6) is 0 Å². The van der Waals surface area contributed by atoms with Crippen molar-refractivity contribution < 1.29 is 18.3 Å². The Bertz CT molecular complexity index is 1540. The Balaban J connectivity index is 1.38. The molecule has 0 aliphatic rings. The fourth-order valence-corrected chi connectivity index (χ4v) is 5.53. The van der Waals surface area contributed by atoms with Gasteiger partial charge in [-0.1, -0.05) is 59.9 Å². The van der Waals surface area contributed by atoms with Gasteiger partial charge in [-0.2, -0.15) is 10.5 Å². The lowest BCUT2D eigenvalue weighted by atomic mass is 10.0. The van der Waals surface area contributed by atoms with E-state index >= 15 is 0 Å². The summed E-state index contributed by atoms with van der Waals surface area (Å²) in [7, 11) is 1.48. The van der Waals surface area contributed by atoms with Gasteiger partial charge in [-0.25, -0.2) is 8.78 Å². The van der Waals surface area contributed by atoms with Crippen LogP contribution in [-0.2, 0) is 9.53 Å². The lowest BCUT2D eigenvalue weighted by Gasteiger charge is -2.15. The van der Waals surface area contributed by atoms with Gasteiger partial charge in [-0.05, 0) is 59.7 Å². The lowest BCUT2D eigenvalue weighted by molar-refractivity contribution is -0.112. The van der Waals surface area contributed by atoms with Crippen molar-refractivity contribution in [1.82, 2.24) is 0 Å². The van der Waals surface area contributed by atoms with E-state index in [-0.39, 0.29) is 11.5 Å². The number of carbonyl (C=O) groups is 1. The van der Waals surface area contributed by atoms with Gasteiger partial charge in [-0.15, -0.1) is 0 Å². The number of halogens is 2. The van der Waals surface area contributed by atoms with E-state index in [1.165, 1.54) is 31.0 Å². The molecule has 0 aromatic heterocycles. The molecule has 1 atom stereocenters. The SMILES string of the molecule is COC(CC(=O)Sc1ccc(-c2ccc(C#N)cc2)c(F)c1)Sc1ccc(-c2ccc(C#N)cc2)c(F)c1. The molecule has 0 bridgehead atoms. The predicted octanol–water partition coefficient (Wildman–Crippen LogP) is 7.82. The maximum absolute atomic E-state index is 14.8. The predicted molar refractivity (Wildman–Crippen MR) is 145 cm³/mol. The van der Waals surface area contributed by atoms with Crippen LogP contribution < -0.4 is 0 Å². The first-order valence-electron chi connectivity index (χ1n) is 11.4. The van der Waals surface area contributed by atoms with E-state index in [0.29, 0.717) is 43.2 Å². The smallest absolute Gasteiger partial charge is 0.197 e. The Morgan fingerprint density at radius 3 is 1.71 bits per heavy atom. The van der Waals surface area contributed by atoms with Gasteiger partial charge in [0.25, 0.3) is 0 Å². The minimum atomic E-state index is -0.557. The van der Waals surface area contributed by atoms with Crippen molar-refractivity contribution in [2.75, 3.05) is 7.11 Å². The molecule has 1 unspecified atom stereocenters. The topological polar surface area (TPSA) is 73.9 Å². The van der Waals surface area contributed by atoms with Gasteiger partial charge in [0, 0.05) is 28.0 Å². The van der Waals surface area contributed by atoms with Gasteiger partial charge < -0.3 is 4.74 Å². The van der Waals surface area contributed by atoms with E-state index in [4.69, 9.17) is 15.3 Å². The highest BCUT2D eigenvalue weighted by Crippen LogP contribution is 2.34. The molecule has 0 saturated heterocycles. The van der Waals surface area contributed by atoms with E-state index < -0.39 is 17.1 Å². The van der Waals surface area contributed by atoms with E-state index in [2.05, 4.69) is 0 Å². The third kappa shape index (κ3) is 6.67. The average molecular weight is 543 g/mol. The Morgan fingerprint density at radius 2 is 1.26 bits per heavy atom. The number of ether oxygens (including phenoxy) is 1. The molecule has 4 nitrogen and oxygen atoms in total. The Labute approximate surface area is 227 Å². The molecule has 4 aromatic rings. The third-order valence-corrected chi connectivity index (χ3v) is 7.66. The quantitative estimate of drug-likeness (QED) is 0.167. The second-order valence-corrected chi connectivity index (χ2v) is 10.5. The Kier molecular flexibility index (Phi) is 8.93. The van der Waals surface area contributed by atoms with Gasteiger partial charge in [0.15, 0.2) is 5.12 Å². The molecule has 188 valence electrons. The number of nitriles is 2. The Hall–Kier alpha value is -3.95. The highest BCUT2D eigenvalue weighted by Gasteiger charge is 2.18. The molecule has 0 aliphatic heterocycles. The van der Waals surface area contributed by atoms with E-state index in [9.17, 15) is 13.6 Å². The molecule has 4 aromatic carbocycles. The van der Waals surface area contributed by atoms with Crippen LogP contribution in [0, 0.1) is 34.3 Å². The summed E-state index contributed by atoms with van der Waals surface area (Å²) in [5.74, 6) is -0.893. The minimum absolute atomic E-state index is 0.0316. The molecule has 4 rings (SSSR count). The Morgan fingerprint density at radius 1 is 0.789 bits per heavy atom. The van der Waals surface area contributed by atoms with Crippen molar-refractivity contribution in [3.8, 4) is 34.4 Å². The summed E-state index contributed by atoms with van der Waals surface area (Å²) in [6.45, 7) is 0. The molecule has 0 fully saturated rings. The fraction of sp³-hybridized carbons (Fsp3) is 0.100. The average Bonchev–Trinajstić information content (AvgIpc) is 2.93. The molecule has 0 radical (unpaired) electrons. The van der Waals surface area contributed by atoms with Gasteiger partial charge >= 0.3 is 0 Å². The van der Waals surface area contributed by atoms with Crippen molar-refractivity contribution in [2.24, 2.45) is 0 Å². The second kappa shape index (κ2) is 12.5. The number of carbonyl (C=O) groups excluding carboxylic acids is 1. The number of nitrogens with zero attached hydrogens (tertiary/aromatic N) is 2. The number of hydrogen-bond acceptors (Lipinski definition) is 6. The highest BCUT2D eigenvalue weighted by molar-refractivity contribution is 8.13. The minimum Gasteiger partial charge on any atom is -0.370 e. The van der Waals surface area contributed by atoms with Gasteiger partial charge in [0.2, 0.25) is 0 Å². The summed E-state index contributed by atoms with van der Waals surface area (Å²) in [6, 6.07) is 26.7. The van der Waals surface area contributed by atoms with Crippen molar-refractivity contribution in [1.29, 1.82) is 10.5 Å². The standard InChI is InChI=1S/C30H20F2N2O2S2/c1-36-30(38-24-11-13-26(28(32)15-24)22-8-4-20(18-34)5-9-22)16-29(35)37-23-10-12-25(27(31)14-23)21-6-2-19(17-33)3-7-21/h2-15,30H,16H2,1H3. The summed E-state index contributed by atoms with van der Waals surface area (Å²) in [5.41, 5.74) is 2.51. The first-order valence-corrected chi connectivity index (χ1v) is 13.1. The zero-order valence-corrected chi connectivity index (χ0v) is 21.8. The lowest BCUT2D eigenvalue weighted by Crippen LogP contribution is -2.10. The zero-order valence-electron chi connectivity index (χ0n) is 20.2. The van der Waals surface area contributed by atoms with Crippen molar-refractivity contribution in [3.63, 3.8) is 0 Å². The van der Waals surface area contributed by atoms with Crippen LogP contribution >= 0.6 is 23.5 Å².